The first-order valence-electron chi connectivity index (χ1n) is 9.86. The molecule has 0 heterocycles. The molecule has 8 heteroatoms. The van der Waals surface area contributed by atoms with Gasteiger partial charge in [-0.1, -0.05) is 6.07 Å². The second kappa shape index (κ2) is 14.4. The number of guanidine groups is 1. The molecule has 1 amide bonds. The number of ether oxygens (including phenoxy) is 1. The van der Waals surface area contributed by atoms with Crippen LogP contribution in [0.1, 0.15) is 43.0 Å². The van der Waals surface area contributed by atoms with Crippen LogP contribution >= 0.6 is 24.0 Å². The predicted octanol–water partition coefficient (Wildman–Crippen LogP) is 2.50. The van der Waals surface area contributed by atoms with Crippen LogP contribution in [0.25, 0.3) is 0 Å². The summed E-state index contributed by atoms with van der Waals surface area (Å²) in [4.78, 5) is 16.5. The molecule has 1 aromatic rings. The summed E-state index contributed by atoms with van der Waals surface area (Å²) in [5, 5.41) is 18.8. The summed E-state index contributed by atoms with van der Waals surface area (Å²) >= 11 is 0. The van der Waals surface area contributed by atoms with Crippen LogP contribution in [0, 0.1) is 5.92 Å². The van der Waals surface area contributed by atoms with Gasteiger partial charge in [-0.05, 0) is 56.7 Å². The molecule has 1 aliphatic rings. The predicted molar refractivity (Wildman–Crippen MR) is 123 cm³/mol. The molecule has 0 aliphatic heterocycles. The lowest BCUT2D eigenvalue weighted by Crippen LogP contribution is -2.38. The number of phenolic OH excluding ortho intramolecular Hbond substituents is 1. The van der Waals surface area contributed by atoms with E-state index >= 15 is 0 Å². The standard InChI is InChI=1S/C20H32N4O3.HI/c1-2-21-20(24-12-5-13-27-15-16-8-9-16)23-11-4-10-22-19(26)17-6-3-7-18(25)14-17;/h3,6-7,14,16,25H,2,4-5,8-13,15H2,1H3,(H,22,26)(H2,21,23,24);1H. The van der Waals surface area contributed by atoms with Gasteiger partial charge >= 0.3 is 0 Å². The Bertz CT molecular complexity index is 609. The summed E-state index contributed by atoms with van der Waals surface area (Å²) in [5.74, 6) is 1.50. The van der Waals surface area contributed by atoms with Crippen molar-refractivity contribution in [1.29, 1.82) is 0 Å². The smallest absolute Gasteiger partial charge is 0.251 e. The maximum absolute atomic E-state index is 12.0. The Labute approximate surface area is 184 Å². The van der Waals surface area contributed by atoms with Crippen molar-refractivity contribution in [3.8, 4) is 5.75 Å². The first-order valence-corrected chi connectivity index (χ1v) is 9.86. The first kappa shape index (κ1) is 24.5. The molecule has 2 rings (SSSR count). The molecule has 1 aliphatic carbocycles. The molecule has 0 unspecified atom stereocenters. The minimum atomic E-state index is -0.189. The maximum Gasteiger partial charge on any atom is 0.251 e. The lowest BCUT2D eigenvalue weighted by Gasteiger charge is -2.11. The molecule has 158 valence electrons. The fourth-order valence-corrected chi connectivity index (χ4v) is 2.48. The van der Waals surface area contributed by atoms with Crippen molar-refractivity contribution in [1.82, 2.24) is 16.0 Å². The van der Waals surface area contributed by atoms with Crippen LogP contribution in [0.3, 0.4) is 0 Å². The number of halogens is 1. The van der Waals surface area contributed by atoms with Crippen molar-refractivity contribution < 1.29 is 14.6 Å². The largest absolute Gasteiger partial charge is 0.508 e. The average Bonchev–Trinajstić information content (AvgIpc) is 3.48. The molecule has 0 aromatic heterocycles. The third-order valence-corrected chi connectivity index (χ3v) is 4.15. The van der Waals surface area contributed by atoms with Crippen molar-refractivity contribution in [2.45, 2.75) is 32.6 Å². The highest BCUT2D eigenvalue weighted by Crippen LogP contribution is 2.28. The van der Waals surface area contributed by atoms with Crippen LogP contribution in [0.15, 0.2) is 29.3 Å². The Kier molecular flexibility index (Phi) is 12.6. The minimum absolute atomic E-state index is 0. The van der Waals surface area contributed by atoms with Crippen LogP contribution < -0.4 is 16.0 Å². The Morgan fingerprint density at radius 2 is 2.00 bits per heavy atom. The molecule has 1 saturated carbocycles. The van der Waals surface area contributed by atoms with E-state index in [1.807, 2.05) is 6.92 Å². The molecule has 28 heavy (non-hydrogen) atoms. The van der Waals surface area contributed by atoms with Gasteiger partial charge in [-0.2, -0.15) is 0 Å². The lowest BCUT2D eigenvalue weighted by atomic mass is 10.2. The van der Waals surface area contributed by atoms with Gasteiger partial charge in [0.15, 0.2) is 5.96 Å². The fraction of sp³-hybridized carbons (Fsp3) is 0.600. The lowest BCUT2D eigenvalue weighted by molar-refractivity contribution is 0.0953. The number of benzene rings is 1. The van der Waals surface area contributed by atoms with Gasteiger partial charge in [-0.25, -0.2) is 0 Å². The number of hydrogen-bond donors (Lipinski definition) is 4. The zero-order chi connectivity index (χ0) is 19.3. The molecule has 1 aromatic carbocycles. The number of phenols is 1. The number of amides is 1. The summed E-state index contributed by atoms with van der Waals surface area (Å²) in [7, 11) is 0. The zero-order valence-corrected chi connectivity index (χ0v) is 18.9. The summed E-state index contributed by atoms with van der Waals surface area (Å²) in [6, 6.07) is 6.32. The molecule has 0 radical (unpaired) electrons. The van der Waals surface area contributed by atoms with Gasteiger partial charge in [-0.3, -0.25) is 9.79 Å². The van der Waals surface area contributed by atoms with Crippen LogP contribution in [0.2, 0.25) is 0 Å². The molecule has 1 fully saturated rings. The van der Waals surface area contributed by atoms with E-state index in [0.29, 0.717) is 18.7 Å². The van der Waals surface area contributed by atoms with E-state index in [9.17, 15) is 9.90 Å². The van der Waals surface area contributed by atoms with Crippen molar-refractivity contribution in [2.24, 2.45) is 10.9 Å². The molecular formula is C20H33IN4O3. The van der Waals surface area contributed by atoms with Crippen LogP contribution in [-0.2, 0) is 4.74 Å². The van der Waals surface area contributed by atoms with Crippen molar-refractivity contribution in [3.05, 3.63) is 29.8 Å². The van der Waals surface area contributed by atoms with E-state index in [-0.39, 0.29) is 35.6 Å². The van der Waals surface area contributed by atoms with Gasteiger partial charge in [0.1, 0.15) is 5.75 Å². The third kappa shape index (κ3) is 10.7. The summed E-state index contributed by atoms with van der Waals surface area (Å²) in [6.07, 6.45) is 4.34. The Hall–Kier alpha value is -1.55. The zero-order valence-electron chi connectivity index (χ0n) is 16.6. The second-order valence-electron chi connectivity index (χ2n) is 6.72. The number of rotatable bonds is 12. The fourth-order valence-electron chi connectivity index (χ4n) is 2.48. The van der Waals surface area contributed by atoms with Crippen molar-refractivity contribution in [3.63, 3.8) is 0 Å². The van der Waals surface area contributed by atoms with Crippen LogP contribution in [-0.4, -0.2) is 56.4 Å². The van der Waals surface area contributed by atoms with Gasteiger partial charge in [0.05, 0.1) is 0 Å². The summed E-state index contributed by atoms with van der Waals surface area (Å²) in [6.45, 7) is 6.50. The first-order chi connectivity index (χ1) is 13.2. The topological polar surface area (TPSA) is 95.0 Å². The van der Waals surface area contributed by atoms with E-state index in [0.717, 1.165) is 51.0 Å². The van der Waals surface area contributed by atoms with E-state index < -0.39 is 0 Å². The van der Waals surface area contributed by atoms with E-state index in [4.69, 9.17) is 4.74 Å². The average molecular weight is 504 g/mol. The Morgan fingerprint density at radius 1 is 1.21 bits per heavy atom. The molecule has 0 spiro atoms. The van der Waals surface area contributed by atoms with Gasteiger partial charge in [0, 0.05) is 45.0 Å². The van der Waals surface area contributed by atoms with E-state index in [1.165, 1.54) is 18.9 Å². The molecule has 0 bridgehead atoms. The highest BCUT2D eigenvalue weighted by Gasteiger charge is 2.20. The maximum atomic E-state index is 12.0. The van der Waals surface area contributed by atoms with Gasteiger partial charge in [-0.15, -0.1) is 24.0 Å². The number of carbonyl (C=O) groups is 1. The molecular weight excluding hydrogens is 471 g/mol. The number of aliphatic imine (C=N–C) groups is 1. The number of carbonyl (C=O) groups excluding carboxylic acids is 1. The van der Waals surface area contributed by atoms with Gasteiger partial charge in [0.25, 0.3) is 5.91 Å². The molecule has 7 nitrogen and oxygen atoms in total. The third-order valence-electron chi connectivity index (χ3n) is 4.15. The summed E-state index contributed by atoms with van der Waals surface area (Å²) in [5.41, 5.74) is 0.456. The number of hydrogen-bond acceptors (Lipinski definition) is 4. The normalized spacial score (nSPS) is 13.5. The highest BCUT2D eigenvalue weighted by atomic mass is 127. The second-order valence-corrected chi connectivity index (χ2v) is 6.72. The van der Waals surface area contributed by atoms with E-state index in [2.05, 4.69) is 20.9 Å². The van der Waals surface area contributed by atoms with Crippen LogP contribution in [0.4, 0.5) is 0 Å². The minimum Gasteiger partial charge on any atom is -0.508 e. The molecule has 0 atom stereocenters. The molecule has 4 N–H and O–H groups in total. The van der Waals surface area contributed by atoms with Gasteiger partial charge < -0.3 is 25.8 Å². The monoisotopic (exact) mass is 504 g/mol. The van der Waals surface area contributed by atoms with Crippen molar-refractivity contribution >= 4 is 35.8 Å². The number of nitrogens with zero attached hydrogens (tertiary/aromatic N) is 1. The Morgan fingerprint density at radius 3 is 2.71 bits per heavy atom. The Balaban J connectivity index is 0.00000392. The van der Waals surface area contributed by atoms with E-state index in [1.54, 1.807) is 18.2 Å². The SMILES string of the molecule is CCNC(=NCCCNC(=O)c1cccc(O)c1)NCCCOCC1CC1.I. The number of nitrogens with one attached hydrogen (secondary N) is 3. The van der Waals surface area contributed by atoms with Gasteiger partial charge in [0.2, 0.25) is 0 Å². The summed E-state index contributed by atoms with van der Waals surface area (Å²) < 4.78 is 5.62. The quantitative estimate of drug-likeness (QED) is 0.152. The van der Waals surface area contributed by atoms with Crippen LogP contribution in [0.5, 0.6) is 5.75 Å². The van der Waals surface area contributed by atoms with Crippen molar-refractivity contribution in [2.75, 3.05) is 39.4 Å². The highest BCUT2D eigenvalue weighted by molar-refractivity contribution is 14.0. The number of aromatic hydroxyl groups is 1. The molecule has 0 saturated heterocycles.